The van der Waals surface area contributed by atoms with Crippen molar-refractivity contribution in [1.29, 1.82) is 0 Å². The molecule has 2 aromatic rings. The summed E-state index contributed by atoms with van der Waals surface area (Å²) in [6.45, 7) is 4.61. The maximum Gasteiger partial charge on any atom is 0.267 e. The Bertz CT molecular complexity index is 741. The first-order valence-electron chi connectivity index (χ1n) is 7.41. The quantitative estimate of drug-likeness (QED) is 0.808. The van der Waals surface area contributed by atoms with Gasteiger partial charge >= 0.3 is 0 Å². The van der Waals surface area contributed by atoms with E-state index in [1.54, 1.807) is 23.8 Å². The monoisotopic (exact) mass is 369 g/mol. The molecule has 1 atom stereocenters. The number of hydrogen-bond acceptors (Lipinski definition) is 5. The molecule has 1 N–H and O–H groups in total. The van der Waals surface area contributed by atoms with Crippen LogP contribution in [0.25, 0.3) is 5.65 Å². The van der Waals surface area contributed by atoms with Crippen LogP contribution in [0.3, 0.4) is 0 Å². The lowest BCUT2D eigenvalue weighted by Gasteiger charge is -2.40. The Kier molecular flexibility index (Phi) is 4.24. The summed E-state index contributed by atoms with van der Waals surface area (Å²) >= 11 is 3.55. The van der Waals surface area contributed by atoms with Gasteiger partial charge in [0.1, 0.15) is 0 Å². The second-order valence-corrected chi connectivity index (χ2v) is 6.58. The molecule has 0 amide bonds. The number of nitrogens with zero attached hydrogens (tertiary/aromatic N) is 5. The second-order valence-electron chi connectivity index (χ2n) is 5.57. The molecule has 22 heavy (non-hydrogen) atoms. The number of hydrogen-bond donors (Lipinski definition) is 1. The minimum Gasteiger partial charge on any atom is -0.390 e. The number of piperazine rings is 1. The fourth-order valence-electron chi connectivity index (χ4n) is 2.97. The summed E-state index contributed by atoms with van der Waals surface area (Å²) in [5.74, 6) is 0. The van der Waals surface area contributed by atoms with Crippen LogP contribution >= 0.6 is 16.1 Å². The Balaban J connectivity index is 2.15. The van der Waals surface area contributed by atoms with E-state index in [2.05, 4.69) is 36.9 Å². The van der Waals surface area contributed by atoms with Gasteiger partial charge in [0.2, 0.25) is 0 Å². The molecule has 2 aromatic heterocycles. The van der Waals surface area contributed by atoms with Gasteiger partial charge in [-0.25, -0.2) is 18.1 Å². The number of aliphatic hydroxyl groups excluding tert-OH is 1. The largest absolute Gasteiger partial charge is 0.390 e. The molecular weight excluding hydrogens is 350 g/mol. The summed E-state index contributed by atoms with van der Waals surface area (Å²) in [5, 5.41) is 9.34. The summed E-state index contributed by atoms with van der Waals surface area (Å²) in [7, 11) is 1.70. The molecule has 0 aliphatic carbocycles. The minimum atomic E-state index is -0.137. The third kappa shape index (κ3) is 2.55. The molecule has 1 saturated heterocycles. The van der Waals surface area contributed by atoms with Gasteiger partial charge in [0, 0.05) is 54.9 Å². The predicted octanol–water partition coefficient (Wildman–Crippen LogP) is 0.736. The maximum atomic E-state index is 12.3. The number of rotatable bonds is 3. The van der Waals surface area contributed by atoms with Crippen molar-refractivity contribution in [3.63, 3.8) is 0 Å². The molecule has 1 fully saturated rings. The Morgan fingerprint density at radius 3 is 2.91 bits per heavy atom. The zero-order chi connectivity index (χ0) is 15.9. The Hall–Kier alpha value is -1.38. The van der Waals surface area contributed by atoms with Crippen LogP contribution in [0.15, 0.2) is 17.1 Å². The molecule has 1 aliphatic heterocycles. The van der Waals surface area contributed by atoms with Crippen molar-refractivity contribution in [1.82, 2.24) is 18.1 Å². The van der Waals surface area contributed by atoms with Gasteiger partial charge in [-0.3, -0.25) is 4.79 Å². The molecule has 0 aromatic carbocycles. The highest BCUT2D eigenvalue weighted by atomic mass is 79.9. The molecular formula is C14H20BrN5O2. The van der Waals surface area contributed by atoms with E-state index in [4.69, 9.17) is 0 Å². The van der Waals surface area contributed by atoms with E-state index in [1.165, 1.54) is 4.68 Å². The van der Waals surface area contributed by atoms with Crippen LogP contribution in [0, 0.1) is 0 Å². The zero-order valence-corrected chi connectivity index (χ0v) is 14.3. The van der Waals surface area contributed by atoms with Crippen molar-refractivity contribution in [2.24, 2.45) is 7.05 Å². The van der Waals surface area contributed by atoms with Crippen LogP contribution in [0.2, 0.25) is 0 Å². The fraction of sp³-hybridized carbons (Fsp3) is 0.571. The number of imidazole rings is 1. The summed E-state index contributed by atoms with van der Waals surface area (Å²) in [5.41, 5.74) is 2.04. The van der Waals surface area contributed by atoms with Gasteiger partial charge in [0.15, 0.2) is 5.65 Å². The van der Waals surface area contributed by atoms with Crippen LogP contribution in [-0.4, -0.2) is 48.9 Å². The third-order valence-electron chi connectivity index (χ3n) is 4.25. The molecule has 1 unspecified atom stereocenters. The number of aromatic nitrogens is 3. The van der Waals surface area contributed by atoms with Crippen LogP contribution in [0.1, 0.15) is 19.0 Å². The number of anilines is 1. The Morgan fingerprint density at radius 2 is 2.23 bits per heavy atom. The highest BCUT2D eigenvalue weighted by Crippen LogP contribution is 2.26. The van der Waals surface area contributed by atoms with E-state index in [0.717, 1.165) is 31.7 Å². The van der Waals surface area contributed by atoms with E-state index < -0.39 is 0 Å². The first-order chi connectivity index (χ1) is 10.5. The molecule has 0 radical (unpaired) electrons. The summed E-state index contributed by atoms with van der Waals surface area (Å²) < 4.78 is 5.35. The normalized spacial score (nSPS) is 20.0. The SMILES string of the molecule is CCC1CN(Br)CCN1c1cc(=O)n(C)n2cc(CO)nc12. The van der Waals surface area contributed by atoms with Gasteiger partial charge in [0.05, 0.1) is 24.2 Å². The molecule has 0 spiro atoms. The first kappa shape index (κ1) is 15.5. The average Bonchev–Trinajstić information content (AvgIpc) is 2.95. The predicted molar refractivity (Wildman–Crippen MR) is 88.3 cm³/mol. The van der Waals surface area contributed by atoms with Crippen LogP contribution < -0.4 is 10.5 Å². The van der Waals surface area contributed by atoms with Gasteiger partial charge in [-0.15, -0.1) is 0 Å². The molecule has 0 saturated carbocycles. The van der Waals surface area contributed by atoms with Gasteiger partial charge in [-0.2, -0.15) is 0 Å². The molecule has 1 aliphatic rings. The molecule has 120 valence electrons. The van der Waals surface area contributed by atoms with E-state index in [9.17, 15) is 9.90 Å². The highest BCUT2D eigenvalue weighted by molar-refractivity contribution is 9.07. The maximum absolute atomic E-state index is 12.3. The lowest BCUT2D eigenvalue weighted by atomic mass is 10.1. The molecule has 0 bridgehead atoms. The lowest BCUT2D eigenvalue weighted by Crippen LogP contribution is -2.50. The topological polar surface area (TPSA) is 66.0 Å². The van der Waals surface area contributed by atoms with Crippen molar-refractivity contribution >= 4 is 27.5 Å². The van der Waals surface area contributed by atoms with Crippen LogP contribution in [0.5, 0.6) is 0 Å². The van der Waals surface area contributed by atoms with Gasteiger partial charge in [0.25, 0.3) is 5.56 Å². The van der Waals surface area contributed by atoms with Crippen LogP contribution in [-0.2, 0) is 13.7 Å². The van der Waals surface area contributed by atoms with E-state index in [-0.39, 0.29) is 12.2 Å². The van der Waals surface area contributed by atoms with E-state index >= 15 is 0 Å². The zero-order valence-electron chi connectivity index (χ0n) is 12.7. The molecule has 3 heterocycles. The van der Waals surface area contributed by atoms with Crippen molar-refractivity contribution in [3.05, 3.63) is 28.3 Å². The molecule has 7 nitrogen and oxygen atoms in total. The third-order valence-corrected chi connectivity index (χ3v) is 4.89. The van der Waals surface area contributed by atoms with E-state index in [0.29, 0.717) is 17.4 Å². The number of fused-ring (bicyclic) bond motifs is 1. The Labute approximate surface area is 137 Å². The number of aliphatic hydroxyl groups is 1. The summed E-state index contributed by atoms with van der Waals surface area (Å²) in [6, 6.07) is 1.97. The van der Waals surface area contributed by atoms with Crippen LogP contribution in [0.4, 0.5) is 5.69 Å². The molecule has 3 rings (SSSR count). The summed E-state index contributed by atoms with van der Waals surface area (Å²) in [4.78, 5) is 19.0. The van der Waals surface area contributed by atoms with Gasteiger partial charge in [-0.1, -0.05) is 6.92 Å². The molecule has 8 heteroatoms. The fourth-order valence-corrected chi connectivity index (χ4v) is 3.47. The highest BCUT2D eigenvalue weighted by Gasteiger charge is 2.27. The van der Waals surface area contributed by atoms with Crippen molar-refractivity contribution in [2.75, 3.05) is 24.5 Å². The standard InChI is InChI=1S/C14H20BrN5O2/c1-3-11-8-18(15)4-5-19(11)12-6-13(22)17(2)20-7-10(9-21)16-14(12)20/h6-7,11,21H,3-5,8-9H2,1-2H3. The number of aryl methyl sites for hydroxylation is 1. The smallest absolute Gasteiger partial charge is 0.267 e. The Morgan fingerprint density at radius 1 is 1.45 bits per heavy atom. The minimum absolute atomic E-state index is 0.0829. The average molecular weight is 370 g/mol. The number of halogens is 1. The van der Waals surface area contributed by atoms with E-state index in [1.807, 2.05) is 0 Å². The van der Waals surface area contributed by atoms with Crippen molar-refractivity contribution in [2.45, 2.75) is 26.0 Å². The van der Waals surface area contributed by atoms with Crippen molar-refractivity contribution < 1.29 is 5.11 Å². The summed E-state index contributed by atoms with van der Waals surface area (Å²) in [6.07, 6.45) is 2.69. The van der Waals surface area contributed by atoms with Gasteiger partial charge in [-0.05, 0) is 6.42 Å². The van der Waals surface area contributed by atoms with Gasteiger partial charge < -0.3 is 10.0 Å². The lowest BCUT2D eigenvalue weighted by molar-refractivity contribution is 0.277. The second kappa shape index (κ2) is 6.02. The first-order valence-corrected chi connectivity index (χ1v) is 8.12. The van der Waals surface area contributed by atoms with Crippen molar-refractivity contribution in [3.8, 4) is 0 Å².